The molecule has 2 aromatic rings. The molecule has 0 atom stereocenters. The van der Waals surface area contributed by atoms with Crippen LogP contribution in [0.5, 0.6) is 0 Å². The Hall–Kier alpha value is -2.52. The fourth-order valence-electron chi connectivity index (χ4n) is 2.80. The van der Waals surface area contributed by atoms with Crippen molar-refractivity contribution < 1.29 is 13.2 Å². The Labute approximate surface area is 166 Å². The van der Waals surface area contributed by atoms with E-state index in [1.807, 2.05) is 0 Å². The normalized spacial score (nSPS) is 12.0. The summed E-state index contributed by atoms with van der Waals surface area (Å²) in [6, 6.07) is 3.44. The average Bonchev–Trinajstić information content (AvgIpc) is 2.51. The zero-order chi connectivity index (χ0) is 21.3. The van der Waals surface area contributed by atoms with E-state index in [0.717, 1.165) is 0 Å². The molecule has 0 spiro atoms. The summed E-state index contributed by atoms with van der Waals surface area (Å²) in [7, 11) is -0.326. The highest BCUT2D eigenvalue weighted by Gasteiger charge is 2.29. The molecule has 2 rings (SSSR count). The maximum atomic E-state index is 13.1. The van der Waals surface area contributed by atoms with Crippen LogP contribution in [0.3, 0.4) is 0 Å². The zero-order valence-electron chi connectivity index (χ0n) is 17.3. The Bertz CT molecular complexity index is 995. The quantitative estimate of drug-likeness (QED) is 0.792. The van der Waals surface area contributed by atoms with Crippen molar-refractivity contribution in [1.82, 2.24) is 14.7 Å². The van der Waals surface area contributed by atoms with Crippen molar-refractivity contribution in [1.29, 1.82) is 0 Å². The van der Waals surface area contributed by atoms with Crippen molar-refractivity contribution in [2.24, 2.45) is 0 Å². The van der Waals surface area contributed by atoms with E-state index in [-0.39, 0.29) is 10.8 Å². The fourth-order valence-corrected chi connectivity index (χ4v) is 4.70. The summed E-state index contributed by atoms with van der Waals surface area (Å²) < 4.78 is 29.0. The number of nitrogens with one attached hydrogen (secondary N) is 2. The first-order valence-corrected chi connectivity index (χ1v) is 10.2. The van der Waals surface area contributed by atoms with Crippen molar-refractivity contribution in [3.8, 4) is 11.1 Å². The number of rotatable bonds is 5. The third-order valence-electron chi connectivity index (χ3n) is 3.77. The molecular weight excluding hydrogens is 378 g/mol. The Morgan fingerprint density at radius 1 is 1.18 bits per heavy atom. The number of pyridine rings is 2. The van der Waals surface area contributed by atoms with Gasteiger partial charge in [0.2, 0.25) is 15.9 Å². The molecule has 8 nitrogen and oxygen atoms in total. The van der Waals surface area contributed by atoms with Crippen molar-refractivity contribution in [3.05, 3.63) is 30.1 Å². The zero-order valence-corrected chi connectivity index (χ0v) is 18.1. The molecule has 28 heavy (non-hydrogen) atoms. The molecule has 0 fully saturated rings. The van der Waals surface area contributed by atoms with E-state index in [9.17, 15) is 13.2 Å². The van der Waals surface area contributed by atoms with Gasteiger partial charge >= 0.3 is 0 Å². The fraction of sp³-hybridized carbons (Fsp3) is 0.421. The Kier molecular flexibility index (Phi) is 6.10. The van der Waals surface area contributed by atoms with Gasteiger partial charge in [-0.3, -0.25) is 4.79 Å². The van der Waals surface area contributed by atoms with Gasteiger partial charge in [-0.2, -0.15) is 0 Å². The standard InChI is InChI=1S/C19H27N5O3S/c1-12-15(14-8-9-20-16(10-14)22-13(2)25)11-21-18(24(6)7)17(12)28(26,27)23-19(3,4)5/h8-11,23H,1-7H3,(H,20,22,25). The lowest BCUT2D eigenvalue weighted by molar-refractivity contribution is -0.114. The first-order chi connectivity index (χ1) is 12.8. The summed E-state index contributed by atoms with van der Waals surface area (Å²) in [4.78, 5) is 21.6. The number of nitrogens with zero attached hydrogens (tertiary/aromatic N) is 3. The highest BCUT2D eigenvalue weighted by atomic mass is 32.2. The van der Waals surface area contributed by atoms with Crippen LogP contribution >= 0.6 is 0 Å². The van der Waals surface area contributed by atoms with Crippen LogP contribution < -0.4 is 14.9 Å². The predicted molar refractivity (Wildman–Crippen MR) is 111 cm³/mol. The van der Waals surface area contributed by atoms with E-state index >= 15 is 0 Å². The molecule has 9 heteroatoms. The third-order valence-corrected chi connectivity index (χ3v) is 5.68. The molecule has 1 amide bonds. The second-order valence-corrected chi connectivity index (χ2v) is 9.43. The molecule has 0 radical (unpaired) electrons. The lowest BCUT2D eigenvalue weighted by Gasteiger charge is -2.25. The highest BCUT2D eigenvalue weighted by molar-refractivity contribution is 7.89. The number of anilines is 2. The summed E-state index contributed by atoms with van der Waals surface area (Å²) >= 11 is 0. The largest absolute Gasteiger partial charge is 0.362 e. The van der Waals surface area contributed by atoms with Crippen LogP contribution in [-0.4, -0.2) is 43.9 Å². The molecule has 2 N–H and O–H groups in total. The lowest BCUT2D eigenvalue weighted by atomic mass is 10.0. The van der Waals surface area contributed by atoms with Gasteiger partial charge < -0.3 is 10.2 Å². The van der Waals surface area contributed by atoms with Crippen LogP contribution in [0, 0.1) is 6.92 Å². The smallest absolute Gasteiger partial charge is 0.245 e. The van der Waals surface area contributed by atoms with Crippen LogP contribution in [0.25, 0.3) is 11.1 Å². The third kappa shape index (κ3) is 5.05. The predicted octanol–water partition coefficient (Wildman–Crippen LogP) is 2.55. The topological polar surface area (TPSA) is 104 Å². The van der Waals surface area contributed by atoms with Crippen LogP contribution in [-0.2, 0) is 14.8 Å². The maximum Gasteiger partial charge on any atom is 0.245 e. The molecule has 0 aliphatic heterocycles. The van der Waals surface area contributed by atoms with Gasteiger partial charge in [-0.25, -0.2) is 23.1 Å². The summed E-state index contributed by atoms with van der Waals surface area (Å²) in [6.07, 6.45) is 3.19. The van der Waals surface area contributed by atoms with Crippen molar-refractivity contribution in [3.63, 3.8) is 0 Å². The summed E-state index contributed by atoms with van der Waals surface area (Å²) in [5, 5.41) is 2.63. The van der Waals surface area contributed by atoms with Crippen molar-refractivity contribution in [2.45, 2.75) is 45.1 Å². The minimum Gasteiger partial charge on any atom is -0.362 e. The second-order valence-electron chi connectivity index (χ2n) is 7.81. The molecule has 2 aromatic heterocycles. The van der Waals surface area contributed by atoms with Gasteiger partial charge in [0.05, 0.1) is 0 Å². The Morgan fingerprint density at radius 2 is 1.82 bits per heavy atom. The van der Waals surface area contributed by atoms with Gasteiger partial charge in [0, 0.05) is 44.5 Å². The van der Waals surface area contributed by atoms with E-state index in [0.29, 0.717) is 28.3 Å². The monoisotopic (exact) mass is 405 g/mol. The Balaban J connectivity index is 2.69. The van der Waals surface area contributed by atoms with E-state index in [2.05, 4.69) is 20.0 Å². The van der Waals surface area contributed by atoms with Crippen LogP contribution in [0.15, 0.2) is 29.4 Å². The van der Waals surface area contributed by atoms with Gasteiger partial charge in [-0.1, -0.05) is 0 Å². The SMILES string of the molecule is CC(=O)Nc1cc(-c2cnc(N(C)C)c(S(=O)(=O)NC(C)(C)C)c2C)ccn1. The number of sulfonamides is 1. The van der Waals surface area contributed by atoms with Crippen LogP contribution in [0.4, 0.5) is 11.6 Å². The summed E-state index contributed by atoms with van der Waals surface area (Å²) in [5.74, 6) is 0.507. The summed E-state index contributed by atoms with van der Waals surface area (Å²) in [6.45, 7) is 8.51. The minimum atomic E-state index is -3.82. The first-order valence-electron chi connectivity index (χ1n) is 8.77. The van der Waals surface area contributed by atoms with E-state index in [1.165, 1.54) is 6.92 Å². The maximum absolute atomic E-state index is 13.1. The number of carbonyl (C=O) groups excluding carboxylic acids is 1. The molecule has 2 heterocycles. The molecule has 0 saturated carbocycles. The number of hydrogen-bond acceptors (Lipinski definition) is 6. The average molecular weight is 406 g/mol. The number of amides is 1. The molecule has 0 saturated heterocycles. The van der Waals surface area contributed by atoms with Gasteiger partial charge in [-0.05, 0) is 51.0 Å². The van der Waals surface area contributed by atoms with Gasteiger partial charge in [-0.15, -0.1) is 0 Å². The van der Waals surface area contributed by atoms with Gasteiger partial charge in [0.25, 0.3) is 0 Å². The van der Waals surface area contributed by atoms with Crippen molar-refractivity contribution >= 4 is 27.6 Å². The summed E-state index contributed by atoms with van der Waals surface area (Å²) in [5.41, 5.74) is 1.28. The molecule has 152 valence electrons. The molecule has 0 aromatic carbocycles. The first kappa shape index (κ1) is 21.8. The molecule has 0 aliphatic carbocycles. The minimum absolute atomic E-state index is 0.128. The molecule has 0 aliphatic rings. The van der Waals surface area contributed by atoms with Gasteiger partial charge in [0.1, 0.15) is 16.5 Å². The van der Waals surface area contributed by atoms with E-state index in [4.69, 9.17) is 0 Å². The van der Waals surface area contributed by atoms with Crippen LogP contribution in [0.1, 0.15) is 33.3 Å². The number of carbonyl (C=O) groups is 1. The lowest BCUT2D eigenvalue weighted by Crippen LogP contribution is -2.41. The molecular formula is C19H27N5O3S. The molecule has 0 unspecified atom stereocenters. The van der Waals surface area contributed by atoms with Crippen molar-refractivity contribution in [2.75, 3.05) is 24.3 Å². The van der Waals surface area contributed by atoms with Crippen LogP contribution in [0.2, 0.25) is 0 Å². The van der Waals surface area contributed by atoms with Gasteiger partial charge in [0.15, 0.2) is 0 Å². The number of aromatic nitrogens is 2. The second kappa shape index (κ2) is 7.84. The van der Waals surface area contributed by atoms with E-state index < -0.39 is 15.6 Å². The highest BCUT2D eigenvalue weighted by Crippen LogP contribution is 2.33. The molecule has 0 bridgehead atoms. The van der Waals surface area contributed by atoms with E-state index in [1.54, 1.807) is 71.2 Å². The Morgan fingerprint density at radius 3 is 2.36 bits per heavy atom. The number of hydrogen-bond donors (Lipinski definition) is 2.